The van der Waals surface area contributed by atoms with Crippen LogP contribution in [0.15, 0.2) is 30.3 Å². The SMILES string of the molecule is CC(CN)C(=O)NCC(=O)Nc1ccccc1.Cl. The molecule has 1 aromatic carbocycles. The molecule has 1 rings (SSSR count). The second kappa shape index (κ2) is 8.49. The molecule has 0 radical (unpaired) electrons. The number of anilines is 1. The lowest BCUT2D eigenvalue weighted by Crippen LogP contribution is -2.38. The molecule has 1 aromatic rings. The Morgan fingerprint density at radius 1 is 1.28 bits per heavy atom. The molecule has 18 heavy (non-hydrogen) atoms. The molecule has 2 amide bonds. The second-order valence-electron chi connectivity index (χ2n) is 3.77. The van der Waals surface area contributed by atoms with E-state index in [-0.39, 0.29) is 43.2 Å². The van der Waals surface area contributed by atoms with Crippen molar-refractivity contribution in [3.8, 4) is 0 Å². The number of nitrogens with one attached hydrogen (secondary N) is 2. The van der Waals surface area contributed by atoms with Gasteiger partial charge >= 0.3 is 0 Å². The number of benzene rings is 1. The van der Waals surface area contributed by atoms with Gasteiger partial charge in [-0.3, -0.25) is 9.59 Å². The Balaban J connectivity index is 0.00000289. The van der Waals surface area contributed by atoms with Crippen LogP contribution >= 0.6 is 12.4 Å². The van der Waals surface area contributed by atoms with Gasteiger partial charge in [0.1, 0.15) is 0 Å². The number of nitrogens with two attached hydrogens (primary N) is 1. The molecule has 5 nitrogen and oxygen atoms in total. The number of carbonyl (C=O) groups excluding carboxylic acids is 2. The van der Waals surface area contributed by atoms with Crippen LogP contribution in [-0.2, 0) is 9.59 Å². The molecule has 0 aliphatic rings. The van der Waals surface area contributed by atoms with E-state index in [9.17, 15) is 9.59 Å². The Morgan fingerprint density at radius 3 is 2.44 bits per heavy atom. The summed E-state index contributed by atoms with van der Waals surface area (Å²) in [5.74, 6) is -0.746. The lowest BCUT2D eigenvalue weighted by molar-refractivity contribution is -0.126. The van der Waals surface area contributed by atoms with E-state index in [2.05, 4.69) is 10.6 Å². The van der Waals surface area contributed by atoms with Crippen LogP contribution in [0.5, 0.6) is 0 Å². The van der Waals surface area contributed by atoms with Gasteiger partial charge in [-0.05, 0) is 12.1 Å². The summed E-state index contributed by atoms with van der Waals surface area (Å²) in [6.45, 7) is 1.94. The van der Waals surface area contributed by atoms with Crippen LogP contribution < -0.4 is 16.4 Å². The van der Waals surface area contributed by atoms with Crippen LogP contribution in [0.2, 0.25) is 0 Å². The molecule has 0 saturated heterocycles. The number of amides is 2. The Hall–Kier alpha value is -1.59. The first kappa shape index (κ1) is 16.4. The van der Waals surface area contributed by atoms with E-state index < -0.39 is 0 Å². The minimum atomic E-state index is -0.278. The maximum Gasteiger partial charge on any atom is 0.243 e. The monoisotopic (exact) mass is 271 g/mol. The van der Waals surface area contributed by atoms with E-state index in [1.54, 1.807) is 19.1 Å². The molecule has 0 saturated carbocycles. The topological polar surface area (TPSA) is 84.2 Å². The van der Waals surface area contributed by atoms with E-state index in [0.29, 0.717) is 5.69 Å². The molecule has 0 aliphatic carbocycles. The average Bonchev–Trinajstić information content (AvgIpc) is 2.36. The minimum Gasteiger partial charge on any atom is -0.347 e. The third kappa shape index (κ3) is 5.65. The molecule has 100 valence electrons. The van der Waals surface area contributed by atoms with Crippen LogP contribution in [0.4, 0.5) is 5.69 Å². The smallest absolute Gasteiger partial charge is 0.243 e. The van der Waals surface area contributed by atoms with Crippen LogP contribution in [0.1, 0.15) is 6.92 Å². The Bertz CT molecular complexity index is 384. The highest BCUT2D eigenvalue weighted by Crippen LogP contribution is 2.03. The largest absolute Gasteiger partial charge is 0.347 e. The second-order valence-corrected chi connectivity index (χ2v) is 3.77. The molecule has 1 unspecified atom stereocenters. The minimum absolute atomic E-state index is 0. The van der Waals surface area contributed by atoms with E-state index in [1.807, 2.05) is 18.2 Å². The maximum atomic E-state index is 11.5. The van der Waals surface area contributed by atoms with Crippen molar-refractivity contribution in [3.05, 3.63) is 30.3 Å². The highest BCUT2D eigenvalue weighted by molar-refractivity contribution is 5.94. The van der Waals surface area contributed by atoms with Crippen molar-refractivity contribution in [2.45, 2.75) is 6.92 Å². The summed E-state index contributed by atoms with van der Waals surface area (Å²) in [6.07, 6.45) is 0. The zero-order valence-electron chi connectivity index (χ0n) is 10.2. The lowest BCUT2D eigenvalue weighted by atomic mass is 10.2. The Morgan fingerprint density at radius 2 is 1.89 bits per heavy atom. The van der Waals surface area contributed by atoms with Crippen molar-refractivity contribution in [1.29, 1.82) is 0 Å². The fourth-order valence-corrected chi connectivity index (χ4v) is 1.18. The predicted molar refractivity (Wildman–Crippen MR) is 73.5 cm³/mol. The fraction of sp³-hybridized carbons (Fsp3) is 0.333. The molecule has 0 spiro atoms. The van der Waals surface area contributed by atoms with E-state index in [4.69, 9.17) is 5.73 Å². The molecule has 0 heterocycles. The molecular formula is C12H18ClN3O2. The third-order valence-corrected chi connectivity index (χ3v) is 2.28. The van der Waals surface area contributed by atoms with Gasteiger partial charge in [-0.25, -0.2) is 0 Å². The average molecular weight is 272 g/mol. The molecule has 0 fully saturated rings. The van der Waals surface area contributed by atoms with E-state index >= 15 is 0 Å². The third-order valence-electron chi connectivity index (χ3n) is 2.28. The van der Waals surface area contributed by atoms with Crippen molar-refractivity contribution in [2.24, 2.45) is 11.7 Å². The van der Waals surface area contributed by atoms with Crippen molar-refractivity contribution < 1.29 is 9.59 Å². The van der Waals surface area contributed by atoms with Crippen molar-refractivity contribution >= 4 is 29.9 Å². The van der Waals surface area contributed by atoms with Gasteiger partial charge < -0.3 is 16.4 Å². The summed E-state index contributed by atoms with van der Waals surface area (Å²) >= 11 is 0. The zero-order valence-corrected chi connectivity index (χ0v) is 11.0. The summed E-state index contributed by atoms with van der Waals surface area (Å²) in [5, 5.41) is 5.19. The molecule has 0 aliphatic heterocycles. The molecule has 1 atom stereocenters. The van der Waals surface area contributed by atoms with Gasteiger partial charge in [-0.2, -0.15) is 0 Å². The normalized spacial score (nSPS) is 11.0. The number of hydrogen-bond acceptors (Lipinski definition) is 3. The number of para-hydroxylation sites is 1. The van der Waals surface area contributed by atoms with Crippen LogP contribution in [0.25, 0.3) is 0 Å². The summed E-state index contributed by atoms with van der Waals surface area (Å²) < 4.78 is 0. The number of rotatable bonds is 5. The first-order valence-corrected chi connectivity index (χ1v) is 5.46. The van der Waals surface area contributed by atoms with Gasteiger partial charge in [0.05, 0.1) is 6.54 Å². The van der Waals surface area contributed by atoms with Gasteiger partial charge in [0.2, 0.25) is 11.8 Å². The summed E-state index contributed by atoms with van der Waals surface area (Å²) in [7, 11) is 0. The van der Waals surface area contributed by atoms with Gasteiger partial charge in [0, 0.05) is 18.2 Å². The van der Waals surface area contributed by atoms with Gasteiger partial charge in [0.15, 0.2) is 0 Å². The van der Waals surface area contributed by atoms with Gasteiger partial charge in [0.25, 0.3) is 0 Å². The Kier molecular flexibility index (Phi) is 7.74. The number of carbonyl (C=O) groups is 2. The lowest BCUT2D eigenvalue weighted by Gasteiger charge is -2.10. The fourth-order valence-electron chi connectivity index (χ4n) is 1.18. The molecule has 0 bridgehead atoms. The van der Waals surface area contributed by atoms with Crippen molar-refractivity contribution in [1.82, 2.24) is 5.32 Å². The number of hydrogen-bond donors (Lipinski definition) is 3. The highest BCUT2D eigenvalue weighted by atomic mass is 35.5. The molecular weight excluding hydrogens is 254 g/mol. The zero-order chi connectivity index (χ0) is 12.7. The summed E-state index contributed by atoms with van der Waals surface area (Å²) in [6, 6.07) is 9.07. The highest BCUT2D eigenvalue weighted by Gasteiger charge is 2.11. The molecule has 0 aromatic heterocycles. The molecule has 6 heteroatoms. The maximum absolute atomic E-state index is 11.5. The van der Waals surface area contributed by atoms with Gasteiger partial charge in [-0.15, -0.1) is 12.4 Å². The first-order valence-electron chi connectivity index (χ1n) is 5.46. The van der Waals surface area contributed by atoms with Crippen LogP contribution in [-0.4, -0.2) is 24.9 Å². The molecule has 4 N–H and O–H groups in total. The van der Waals surface area contributed by atoms with E-state index in [1.165, 1.54) is 0 Å². The van der Waals surface area contributed by atoms with E-state index in [0.717, 1.165) is 0 Å². The van der Waals surface area contributed by atoms with Crippen molar-refractivity contribution in [3.63, 3.8) is 0 Å². The van der Waals surface area contributed by atoms with Crippen LogP contribution in [0.3, 0.4) is 0 Å². The summed E-state index contributed by atoms with van der Waals surface area (Å²) in [4.78, 5) is 22.8. The Labute approximate surface area is 113 Å². The standard InChI is InChI=1S/C12H17N3O2.ClH/c1-9(7-13)12(17)14-8-11(16)15-10-5-3-2-4-6-10;/h2-6,9H,7-8,13H2,1H3,(H,14,17)(H,15,16);1H. The van der Waals surface area contributed by atoms with Crippen LogP contribution in [0, 0.1) is 5.92 Å². The number of halogens is 1. The summed E-state index contributed by atoms with van der Waals surface area (Å²) in [5.41, 5.74) is 6.05. The first-order chi connectivity index (χ1) is 8.13. The van der Waals surface area contributed by atoms with Gasteiger partial charge in [-0.1, -0.05) is 25.1 Å². The quantitative estimate of drug-likeness (QED) is 0.739. The van der Waals surface area contributed by atoms with Crippen molar-refractivity contribution in [2.75, 3.05) is 18.4 Å². The predicted octanol–water partition coefficient (Wildman–Crippen LogP) is 0.758.